The van der Waals surface area contributed by atoms with Gasteiger partial charge in [0.2, 0.25) is 0 Å². The third-order valence-corrected chi connectivity index (χ3v) is 7.14. The normalized spacial score (nSPS) is 25.0. The first kappa shape index (κ1) is 16.6. The van der Waals surface area contributed by atoms with E-state index in [9.17, 15) is 8.78 Å². The number of rotatable bonds is 1. The second-order valence-corrected chi connectivity index (χ2v) is 8.77. The quantitative estimate of drug-likeness (QED) is 0.714. The summed E-state index contributed by atoms with van der Waals surface area (Å²) in [5.41, 5.74) is 3.40. The molecule has 0 bridgehead atoms. The van der Waals surface area contributed by atoms with Crippen molar-refractivity contribution in [3.8, 4) is 11.1 Å². The Balaban J connectivity index is 1.71. The number of likely N-dealkylation sites (N-methyl/N-ethyl adjacent to an activating group) is 1. The molecule has 2 aromatic carbocycles. The molecule has 3 aliphatic rings. The van der Waals surface area contributed by atoms with Crippen LogP contribution in [0.25, 0.3) is 11.1 Å². The highest BCUT2D eigenvalue weighted by Gasteiger charge is 2.43. The fourth-order valence-electron chi connectivity index (χ4n) is 4.89. The highest BCUT2D eigenvalue weighted by molar-refractivity contribution is 7.99. The maximum absolute atomic E-state index is 14.4. The van der Waals surface area contributed by atoms with Gasteiger partial charge in [0.25, 0.3) is 0 Å². The van der Waals surface area contributed by atoms with Crippen LogP contribution in [-0.4, -0.2) is 43.4 Å². The third-order valence-electron chi connectivity index (χ3n) is 6.02. The minimum absolute atomic E-state index is 0.107. The van der Waals surface area contributed by atoms with E-state index < -0.39 is 11.6 Å². The molecule has 3 aliphatic heterocycles. The Labute approximate surface area is 157 Å². The summed E-state index contributed by atoms with van der Waals surface area (Å²) in [6.45, 7) is 3.22. The van der Waals surface area contributed by atoms with Gasteiger partial charge in [-0.05, 0) is 67.6 Å². The Bertz CT molecular complexity index is 849. The summed E-state index contributed by atoms with van der Waals surface area (Å²) >= 11 is 1.83. The molecule has 2 nitrogen and oxygen atoms in total. The molecule has 136 valence electrons. The molecular weight excluding hydrogens is 350 g/mol. The van der Waals surface area contributed by atoms with Crippen LogP contribution in [0.4, 0.5) is 14.5 Å². The molecule has 2 aromatic rings. The largest absolute Gasteiger partial charge is 0.367 e. The Morgan fingerprint density at radius 1 is 1.12 bits per heavy atom. The molecule has 0 radical (unpaired) electrons. The second-order valence-electron chi connectivity index (χ2n) is 7.63. The van der Waals surface area contributed by atoms with E-state index in [2.05, 4.69) is 22.9 Å². The summed E-state index contributed by atoms with van der Waals surface area (Å²) in [4.78, 5) is 6.16. The average molecular weight is 372 g/mol. The summed E-state index contributed by atoms with van der Waals surface area (Å²) < 4.78 is 28.8. The van der Waals surface area contributed by atoms with E-state index in [0.29, 0.717) is 17.5 Å². The Hall–Kier alpha value is -1.59. The number of hydrogen-bond acceptors (Lipinski definition) is 3. The van der Waals surface area contributed by atoms with E-state index in [1.54, 1.807) is 0 Å². The van der Waals surface area contributed by atoms with E-state index in [-0.39, 0.29) is 5.56 Å². The predicted molar refractivity (Wildman–Crippen MR) is 103 cm³/mol. The summed E-state index contributed by atoms with van der Waals surface area (Å²) in [7, 11) is 2.17. The van der Waals surface area contributed by atoms with Crippen LogP contribution in [0.1, 0.15) is 24.3 Å². The summed E-state index contributed by atoms with van der Waals surface area (Å²) in [5.74, 6) is 0.519. The van der Waals surface area contributed by atoms with Gasteiger partial charge in [-0.3, -0.25) is 0 Å². The lowest BCUT2D eigenvalue weighted by Gasteiger charge is -2.37. The van der Waals surface area contributed by atoms with Crippen molar-refractivity contribution < 1.29 is 8.78 Å². The first-order valence-corrected chi connectivity index (χ1v) is 10.3. The van der Waals surface area contributed by atoms with E-state index in [0.717, 1.165) is 38.2 Å². The smallest absolute Gasteiger partial charge is 0.133 e. The van der Waals surface area contributed by atoms with Gasteiger partial charge in [-0.15, -0.1) is 11.8 Å². The number of piperidine rings is 1. The summed E-state index contributed by atoms with van der Waals surface area (Å²) in [5, 5.41) is 0. The van der Waals surface area contributed by atoms with Crippen molar-refractivity contribution in [1.29, 1.82) is 0 Å². The number of nitrogens with zero attached hydrogens (tertiary/aromatic N) is 2. The topological polar surface area (TPSA) is 6.48 Å². The standard InChI is InChI=1S/C21H22F2N2S/c1-24-8-6-18-15(12-24)14-10-13(20-16(22)4-2-5-17(20)23)11-19-21(14)25(18)7-3-9-26-19/h2,4-5,10-11,15,18H,3,6-9,12H2,1H3/t15-,18-/m0/s1. The highest BCUT2D eigenvalue weighted by Crippen LogP contribution is 2.52. The third kappa shape index (κ3) is 2.48. The zero-order valence-corrected chi connectivity index (χ0v) is 15.7. The number of thioether (sulfide) groups is 1. The van der Waals surface area contributed by atoms with Crippen LogP contribution in [0.15, 0.2) is 35.2 Å². The predicted octanol–water partition coefficient (Wildman–Crippen LogP) is 4.74. The minimum atomic E-state index is -0.483. The maximum Gasteiger partial charge on any atom is 0.133 e. The van der Waals surface area contributed by atoms with Crippen LogP contribution in [-0.2, 0) is 0 Å². The van der Waals surface area contributed by atoms with Crippen molar-refractivity contribution >= 4 is 17.4 Å². The zero-order valence-electron chi connectivity index (χ0n) is 14.8. The SMILES string of the molecule is CN1CC[C@H]2[C@@H](C1)c1cc(-c3c(F)cccc3F)cc3c1N2CCCS3. The van der Waals surface area contributed by atoms with Gasteiger partial charge >= 0.3 is 0 Å². The van der Waals surface area contributed by atoms with Gasteiger partial charge in [-0.1, -0.05) is 6.07 Å². The Morgan fingerprint density at radius 2 is 1.92 bits per heavy atom. The molecule has 0 N–H and O–H groups in total. The fraction of sp³-hybridized carbons (Fsp3) is 0.429. The van der Waals surface area contributed by atoms with Crippen molar-refractivity contribution in [2.24, 2.45) is 0 Å². The minimum Gasteiger partial charge on any atom is -0.367 e. The number of anilines is 1. The van der Waals surface area contributed by atoms with Crippen LogP contribution in [0.5, 0.6) is 0 Å². The monoisotopic (exact) mass is 372 g/mol. The van der Waals surface area contributed by atoms with Gasteiger partial charge in [0, 0.05) is 29.9 Å². The van der Waals surface area contributed by atoms with Gasteiger partial charge in [-0.2, -0.15) is 0 Å². The van der Waals surface area contributed by atoms with Crippen LogP contribution >= 0.6 is 11.8 Å². The molecule has 0 unspecified atom stereocenters. The molecule has 3 heterocycles. The molecule has 0 saturated carbocycles. The molecule has 1 fully saturated rings. The van der Waals surface area contributed by atoms with Crippen molar-refractivity contribution in [3.05, 3.63) is 47.5 Å². The lowest BCUT2D eigenvalue weighted by atomic mass is 9.88. The van der Waals surface area contributed by atoms with Crippen LogP contribution in [0.2, 0.25) is 0 Å². The molecule has 0 spiro atoms. The van der Waals surface area contributed by atoms with Crippen molar-refractivity contribution in [2.45, 2.75) is 29.7 Å². The highest BCUT2D eigenvalue weighted by atomic mass is 32.2. The van der Waals surface area contributed by atoms with Gasteiger partial charge in [0.1, 0.15) is 11.6 Å². The molecule has 0 amide bonds. The van der Waals surface area contributed by atoms with Crippen LogP contribution in [0, 0.1) is 11.6 Å². The first-order chi connectivity index (χ1) is 12.6. The Kier molecular flexibility index (Phi) is 3.98. The van der Waals surface area contributed by atoms with Crippen molar-refractivity contribution in [2.75, 3.05) is 37.3 Å². The second kappa shape index (κ2) is 6.24. The lowest BCUT2D eigenvalue weighted by Crippen LogP contribution is -2.45. The number of hydrogen-bond donors (Lipinski definition) is 0. The van der Waals surface area contributed by atoms with E-state index in [4.69, 9.17) is 0 Å². The van der Waals surface area contributed by atoms with Crippen molar-refractivity contribution in [1.82, 2.24) is 4.90 Å². The van der Waals surface area contributed by atoms with Gasteiger partial charge in [0.15, 0.2) is 0 Å². The molecule has 26 heavy (non-hydrogen) atoms. The lowest BCUT2D eigenvalue weighted by molar-refractivity contribution is 0.231. The molecule has 0 aromatic heterocycles. The van der Waals surface area contributed by atoms with Gasteiger partial charge in [-0.25, -0.2) is 8.78 Å². The Morgan fingerprint density at radius 3 is 2.73 bits per heavy atom. The molecule has 5 heteroatoms. The van der Waals surface area contributed by atoms with Crippen molar-refractivity contribution in [3.63, 3.8) is 0 Å². The number of benzene rings is 2. The summed E-state index contributed by atoms with van der Waals surface area (Å²) in [6.07, 6.45) is 2.31. The molecule has 0 aliphatic carbocycles. The maximum atomic E-state index is 14.4. The van der Waals surface area contributed by atoms with Crippen LogP contribution < -0.4 is 4.90 Å². The summed E-state index contributed by atoms with van der Waals surface area (Å²) in [6, 6.07) is 8.71. The van der Waals surface area contributed by atoms with E-state index in [1.165, 1.54) is 34.3 Å². The fourth-order valence-corrected chi connectivity index (χ4v) is 5.96. The molecule has 2 atom stereocenters. The van der Waals surface area contributed by atoms with Gasteiger partial charge in [0.05, 0.1) is 11.3 Å². The molecular formula is C21H22F2N2S. The van der Waals surface area contributed by atoms with E-state index in [1.807, 2.05) is 17.8 Å². The number of halogens is 2. The first-order valence-electron chi connectivity index (χ1n) is 9.34. The van der Waals surface area contributed by atoms with Gasteiger partial charge < -0.3 is 9.80 Å². The van der Waals surface area contributed by atoms with E-state index >= 15 is 0 Å². The molecule has 1 saturated heterocycles. The number of likely N-dealkylation sites (tertiary alicyclic amines) is 1. The van der Waals surface area contributed by atoms with Crippen LogP contribution in [0.3, 0.4) is 0 Å². The number of fused-ring (bicyclic) bond motifs is 3. The average Bonchev–Trinajstić information content (AvgIpc) is 2.77. The zero-order chi connectivity index (χ0) is 17.8. The molecule has 5 rings (SSSR count).